The van der Waals surface area contributed by atoms with Gasteiger partial charge < -0.3 is 4.52 Å². The molecule has 2 aromatic rings. The van der Waals surface area contributed by atoms with Crippen LogP contribution in [0.25, 0.3) is 11.0 Å². The SMILES string of the molecule is CC(C)(C)c1noc2c3c(ccc12)C[C@H](N1CC2(CCC(C(C)(C)C)CC2)C1)C3. The maximum atomic E-state index is 5.88. The topological polar surface area (TPSA) is 29.3 Å². The van der Waals surface area contributed by atoms with Gasteiger partial charge >= 0.3 is 0 Å². The number of benzene rings is 1. The Bertz CT molecular complexity index is 911. The van der Waals surface area contributed by atoms with E-state index in [0.29, 0.717) is 16.9 Å². The smallest absolute Gasteiger partial charge is 0.170 e. The fourth-order valence-electron chi connectivity index (χ4n) is 6.36. The molecule has 2 heterocycles. The predicted molar refractivity (Wildman–Crippen MR) is 119 cm³/mol. The standard InChI is InChI=1S/C26H38N2O/c1-24(2,3)18-9-11-26(12-10-18)15-28(16-26)19-13-17-7-8-20-22(21(17)14-19)29-27-23(20)25(4,5)6/h7-8,18-19H,9-16H2,1-6H3/t19-/m0/s1. The zero-order valence-electron chi connectivity index (χ0n) is 19.3. The molecular weight excluding hydrogens is 356 g/mol. The molecule has 0 bridgehead atoms. The Kier molecular flexibility index (Phi) is 4.28. The summed E-state index contributed by atoms with van der Waals surface area (Å²) in [6, 6.07) is 5.25. The highest BCUT2D eigenvalue weighted by molar-refractivity contribution is 5.85. The number of rotatable bonds is 1. The fourth-order valence-corrected chi connectivity index (χ4v) is 6.36. The largest absolute Gasteiger partial charge is 0.356 e. The number of fused-ring (bicyclic) bond motifs is 3. The zero-order valence-corrected chi connectivity index (χ0v) is 19.3. The van der Waals surface area contributed by atoms with E-state index >= 15 is 0 Å². The molecule has 1 spiro atoms. The molecule has 0 N–H and O–H groups in total. The Balaban J connectivity index is 1.27. The van der Waals surface area contributed by atoms with Crippen LogP contribution in [-0.4, -0.2) is 29.2 Å². The number of nitrogens with zero attached hydrogens (tertiary/aromatic N) is 2. The summed E-state index contributed by atoms with van der Waals surface area (Å²) < 4.78 is 5.88. The lowest BCUT2D eigenvalue weighted by molar-refractivity contribution is -0.0695. The Hall–Kier alpha value is -1.35. The molecular formula is C26H38N2O. The first-order chi connectivity index (χ1) is 13.6. The number of hydrogen-bond donors (Lipinski definition) is 0. The molecule has 2 aliphatic carbocycles. The fraction of sp³-hybridized carbons (Fsp3) is 0.731. The first-order valence-corrected chi connectivity index (χ1v) is 11.7. The van der Waals surface area contributed by atoms with Crippen molar-refractivity contribution >= 4 is 11.0 Å². The van der Waals surface area contributed by atoms with Crippen LogP contribution in [0, 0.1) is 16.7 Å². The monoisotopic (exact) mass is 394 g/mol. The minimum absolute atomic E-state index is 0.0211. The summed E-state index contributed by atoms with van der Waals surface area (Å²) in [6.07, 6.45) is 8.04. The highest BCUT2D eigenvalue weighted by atomic mass is 16.5. The lowest BCUT2D eigenvalue weighted by Gasteiger charge is -2.56. The van der Waals surface area contributed by atoms with E-state index in [9.17, 15) is 0 Å². The third-order valence-corrected chi connectivity index (χ3v) is 8.31. The summed E-state index contributed by atoms with van der Waals surface area (Å²) in [5.74, 6) is 0.912. The zero-order chi connectivity index (χ0) is 20.6. The van der Waals surface area contributed by atoms with Gasteiger partial charge in [0.2, 0.25) is 0 Å². The van der Waals surface area contributed by atoms with Crippen LogP contribution in [0.15, 0.2) is 16.7 Å². The van der Waals surface area contributed by atoms with Crippen LogP contribution in [0.2, 0.25) is 0 Å². The van der Waals surface area contributed by atoms with Crippen LogP contribution in [0.4, 0.5) is 0 Å². The number of likely N-dealkylation sites (tertiary alicyclic amines) is 1. The maximum absolute atomic E-state index is 5.88. The van der Waals surface area contributed by atoms with Gasteiger partial charge in [-0.3, -0.25) is 4.90 Å². The summed E-state index contributed by atoms with van der Waals surface area (Å²) in [5, 5.41) is 5.67. The molecule has 158 valence electrons. The molecule has 2 fully saturated rings. The molecule has 5 rings (SSSR count). The van der Waals surface area contributed by atoms with E-state index < -0.39 is 0 Å². The minimum Gasteiger partial charge on any atom is -0.356 e. The lowest BCUT2D eigenvalue weighted by Crippen LogP contribution is -2.61. The highest BCUT2D eigenvalue weighted by Crippen LogP contribution is 2.51. The molecule has 29 heavy (non-hydrogen) atoms. The van der Waals surface area contributed by atoms with E-state index in [4.69, 9.17) is 4.52 Å². The first-order valence-electron chi connectivity index (χ1n) is 11.7. The van der Waals surface area contributed by atoms with E-state index in [2.05, 4.69) is 63.7 Å². The molecule has 3 nitrogen and oxygen atoms in total. The van der Waals surface area contributed by atoms with Gasteiger partial charge in [0, 0.05) is 35.5 Å². The van der Waals surface area contributed by atoms with Crippen molar-refractivity contribution in [1.29, 1.82) is 0 Å². The van der Waals surface area contributed by atoms with Crippen molar-refractivity contribution in [3.63, 3.8) is 0 Å². The molecule has 1 aromatic carbocycles. The highest BCUT2D eigenvalue weighted by Gasteiger charge is 2.49. The van der Waals surface area contributed by atoms with Gasteiger partial charge in [0.25, 0.3) is 0 Å². The van der Waals surface area contributed by atoms with Gasteiger partial charge in [-0.25, -0.2) is 0 Å². The molecule has 3 aliphatic rings. The van der Waals surface area contributed by atoms with E-state index in [1.807, 2.05) is 0 Å². The Labute approximate surface area is 176 Å². The average molecular weight is 395 g/mol. The van der Waals surface area contributed by atoms with Gasteiger partial charge in [0.1, 0.15) is 0 Å². The molecule has 1 saturated carbocycles. The average Bonchev–Trinajstić information content (AvgIpc) is 3.21. The third-order valence-electron chi connectivity index (χ3n) is 8.31. The Morgan fingerprint density at radius 1 is 1.00 bits per heavy atom. The molecule has 0 amide bonds. The van der Waals surface area contributed by atoms with Crippen LogP contribution in [-0.2, 0) is 18.3 Å². The summed E-state index contributed by atoms with van der Waals surface area (Å²) in [6.45, 7) is 16.6. The van der Waals surface area contributed by atoms with Crippen LogP contribution in [0.1, 0.15) is 84.0 Å². The van der Waals surface area contributed by atoms with Crippen molar-refractivity contribution in [1.82, 2.24) is 10.1 Å². The van der Waals surface area contributed by atoms with Crippen LogP contribution in [0.3, 0.4) is 0 Å². The van der Waals surface area contributed by atoms with Crippen molar-refractivity contribution in [2.45, 2.75) is 91.5 Å². The van der Waals surface area contributed by atoms with Crippen LogP contribution >= 0.6 is 0 Å². The van der Waals surface area contributed by atoms with Crippen LogP contribution < -0.4 is 0 Å². The van der Waals surface area contributed by atoms with Gasteiger partial charge in [-0.15, -0.1) is 0 Å². The summed E-state index contributed by atoms with van der Waals surface area (Å²) in [5.41, 5.74) is 6.18. The summed E-state index contributed by atoms with van der Waals surface area (Å²) in [4.78, 5) is 2.77. The molecule has 1 aliphatic heterocycles. The number of aromatic nitrogens is 1. The lowest BCUT2D eigenvalue weighted by atomic mass is 9.61. The maximum Gasteiger partial charge on any atom is 0.170 e. The summed E-state index contributed by atoms with van der Waals surface area (Å²) >= 11 is 0. The normalized spacial score (nSPS) is 25.5. The predicted octanol–water partition coefficient (Wildman–Crippen LogP) is 6.13. The van der Waals surface area contributed by atoms with Gasteiger partial charge in [-0.2, -0.15) is 0 Å². The van der Waals surface area contributed by atoms with Crippen molar-refractivity contribution in [3.05, 3.63) is 29.0 Å². The van der Waals surface area contributed by atoms with E-state index in [-0.39, 0.29) is 5.41 Å². The van der Waals surface area contributed by atoms with Crippen LogP contribution in [0.5, 0.6) is 0 Å². The van der Waals surface area contributed by atoms with E-state index in [1.54, 1.807) is 0 Å². The van der Waals surface area contributed by atoms with Gasteiger partial charge in [-0.1, -0.05) is 52.8 Å². The Morgan fingerprint density at radius 3 is 2.31 bits per heavy atom. The molecule has 1 saturated heterocycles. The minimum atomic E-state index is 0.0211. The van der Waals surface area contributed by atoms with E-state index in [0.717, 1.165) is 23.6 Å². The second-order valence-corrected chi connectivity index (χ2v) is 12.5. The van der Waals surface area contributed by atoms with Crippen molar-refractivity contribution in [3.8, 4) is 0 Å². The number of hydrogen-bond acceptors (Lipinski definition) is 3. The quantitative estimate of drug-likeness (QED) is 0.582. The first kappa shape index (κ1) is 19.6. The van der Waals surface area contributed by atoms with Crippen molar-refractivity contribution in [2.24, 2.45) is 16.7 Å². The Morgan fingerprint density at radius 2 is 1.69 bits per heavy atom. The molecule has 0 unspecified atom stereocenters. The third kappa shape index (κ3) is 3.24. The van der Waals surface area contributed by atoms with E-state index in [1.165, 1.54) is 61.7 Å². The molecule has 1 atom stereocenters. The molecule has 1 aromatic heterocycles. The van der Waals surface area contributed by atoms with Gasteiger partial charge in [-0.05, 0) is 66.9 Å². The summed E-state index contributed by atoms with van der Waals surface area (Å²) in [7, 11) is 0. The molecule has 3 heteroatoms. The van der Waals surface area contributed by atoms with Crippen molar-refractivity contribution in [2.75, 3.05) is 13.1 Å². The second-order valence-electron chi connectivity index (χ2n) is 12.5. The van der Waals surface area contributed by atoms with Gasteiger partial charge in [0.05, 0.1) is 5.69 Å². The van der Waals surface area contributed by atoms with Gasteiger partial charge in [0.15, 0.2) is 5.58 Å². The van der Waals surface area contributed by atoms with Crippen molar-refractivity contribution < 1.29 is 4.52 Å². The molecule has 0 radical (unpaired) electrons. The second kappa shape index (κ2) is 6.33.